The largest absolute Gasteiger partial charge is 0.394 e. The number of carbonyl (C=O) groups excluding carboxylic acids is 2. The van der Waals surface area contributed by atoms with Crippen LogP contribution in [0, 0.1) is 5.92 Å². The zero-order chi connectivity index (χ0) is 16.0. The number of aliphatic hydroxyl groups excluding tert-OH is 1. The Kier molecular flexibility index (Phi) is 6.84. The highest BCUT2D eigenvalue weighted by molar-refractivity contribution is 6.00. The molecule has 0 aromatic carbocycles. The van der Waals surface area contributed by atoms with E-state index in [1.54, 1.807) is 0 Å². The third kappa shape index (κ3) is 5.47. The third-order valence-electron chi connectivity index (χ3n) is 3.72. The number of nitrogens with two attached hydrogens (primary N) is 1. The zero-order valence-corrected chi connectivity index (χ0v) is 13.1. The Morgan fingerprint density at radius 3 is 2.29 bits per heavy atom. The van der Waals surface area contributed by atoms with Gasteiger partial charge >= 0.3 is 0 Å². The van der Waals surface area contributed by atoms with Crippen LogP contribution < -0.4 is 11.1 Å². The van der Waals surface area contributed by atoms with Crippen molar-refractivity contribution in [1.29, 1.82) is 0 Å². The molecule has 1 heterocycles. The van der Waals surface area contributed by atoms with E-state index in [1.807, 2.05) is 18.7 Å². The summed E-state index contributed by atoms with van der Waals surface area (Å²) in [6.07, 6.45) is 3.65. The van der Waals surface area contributed by atoms with Crippen LogP contribution in [-0.4, -0.2) is 47.1 Å². The first-order valence-corrected chi connectivity index (χ1v) is 7.53. The van der Waals surface area contributed by atoms with Gasteiger partial charge in [0.05, 0.1) is 6.04 Å². The standard InChI is InChI=1S/C15H27N3O3/c1-10(2)13(15(21)18-7-5-4-6-8-18)17-14(20)12(16)9-11(3)19/h9-10,13,15,21H,4-8,16H2,1-3H3,(H,17,20)/b12-9-/t13-,15?/m0/s1. The molecule has 1 unspecified atom stereocenters. The molecule has 0 spiro atoms. The smallest absolute Gasteiger partial charge is 0.267 e. The van der Waals surface area contributed by atoms with E-state index in [0.717, 1.165) is 32.0 Å². The molecule has 6 nitrogen and oxygen atoms in total. The predicted molar refractivity (Wildman–Crippen MR) is 81.2 cm³/mol. The molecule has 0 aliphatic carbocycles. The van der Waals surface area contributed by atoms with Crippen molar-refractivity contribution < 1.29 is 14.7 Å². The van der Waals surface area contributed by atoms with E-state index in [4.69, 9.17) is 5.73 Å². The van der Waals surface area contributed by atoms with Crippen LogP contribution in [0.2, 0.25) is 0 Å². The monoisotopic (exact) mass is 297 g/mol. The number of carbonyl (C=O) groups is 2. The molecule has 1 aliphatic rings. The number of allylic oxidation sites excluding steroid dienone is 1. The zero-order valence-electron chi connectivity index (χ0n) is 13.1. The number of ketones is 1. The van der Waals surface area contributed by atoms with Crippen LogP contribution in [0.5, 0.6) is 0 Å². The lowest BCUT2D eigenvalue weighted by molar-refractivity contribution is -0.122. The van der Waals surface area contributed by atoms with Gasteiger partial charge in [-0.1, -0.05) is 20.3 Å². The van der Waals surface area contributed by atoms with E-state index < -0.39 is 18.2 Å². The van der Waals surface area contributed by atoms with Crippen LogP contribution in [0.3, 0.4) is 0 Å². The topological polar surface area (TPSA) is 95.7 Å². The minimum atomic E-state index is -0.737. The summed E-state index contributed by atoms with van der Waals surface area (Å²) in [4.78, 5) is 24.9. The third-order valence-corrected chi connectivity index (χ3v) is 3.72. The number of rotatable bonds is 6. The summed E-state index contributed by atoms with van der Waals surface area (Å²) in [7, 11) is 0. The van der Waals surface area contributed by atoms with Crippen molar-refractivity contribution in [3.05, 3.63) is 11.8 Å². The molecule has 1 saturated heterocycles. The molecular weight excluding hydrogens is 270 g/mol. The van der Waals surface area contributed by atoms with E-state index in [-0.39, 0.29) is 17.4 Å². The van der Waals surface area contributed by atoms with Gasteiger partial charge in [-0.25, -0.2) is 0 Å². The average Bonchev–Trinajstić information content (AvgIpc) is 2.43. The first-order chi connectivity index (χ1) is 9.82. The molecule has 0 saturated carbocycles. The Labute approximate surface area is 126 Å². The van der Waals surface area contributed by atoms with E-state index in [2.05, 4.69) is 5.32 Å². The predicted octanol–water partition coefficient (Wildman–Crippen LogP) is 0.363. The van der Waals surface area contributed by atoms with Crippen LogP contribution in [0.15, 0.2) is 11.8 Å². The van der Waals surface area contributed by atoms with Gasteiger partial charge in [-0.05, 0) is 25.7 Å². The minimum absolute atomic E-state index is 0.0519. The Balaban J connectivity index is 2.72. The van der Waals surface area contributed by atoms with Gasteiger partial charge in [0, 0.05) is 19.2 Å². The normalized spacial score (nSPS) is 20.1. The van der Waals surface area contributed by atoms with Gasteiger partial charge in [-0.2, -0.15) is 0 Å². The lowest BCUT2D eigenvalue weighted by Gasteiger charge is -2.37. The molecule has 1 aliphatic heterocycles. The van der Waals surface area contributed by atoms with Crippen molar-refractivity contribution in [2.24, 2.45) is 11.7 Å². The molecule has 0 aromatic heterocycles. The number of nitrogens with one attached hydrogen (secondary N) is 1. The van der Waals surface area contributed by atoms with Crippen molar-refractivity contribution in [3.63, 3.8) is 0 Å². The van der Waals surface area contributed by atoms with Gasteiger partial charge in [0.1, 0.15) is 11.9 Å². The van der Waals surface area contributed by atoms with Crippen molar-refractivity contribution in [3.8, 4) is 0 Å². The number of aliphatic hydroxyl groups is 1. The van der Waals surface area contributed by atoms with Crippen molar-refractivity contribution >= 4 is 11.7 Å². The van der Waals surface area contributed by atoms with E-state index in [9.17, 15) is 14.7 Å². The number of amides is 1. The maximum Gasteiger partial charge on any atom is 0.267 e. The fourth-order valence-electron chi connectivity index (χ4n) is 2.51. The molecule has 4 N–H and O–H groups in total. The maximum atomic E-state index is 12.0. The summed E-state index contributed by atoms with van der Waals surface area (Å²) in [6.45, 7) is 6.87. The summed E-state index contributed by atoms with van der Waals surface area (Å²) >= 11 is 0. The quantitative estimate of drug-likeness (QED) is 0.615. The molecule has 1 amide bonds. The molecule has 6 heteroatoms. The molecule has 0 aromatic rings. The van der Waals surface area contributed by atoms with Gasteiger partial charge < -0.3 is 16.2 Å². The first kappa shape index (κ1) is 17.7. The lowest BCUT2D eigenvalue weighted by Crippen LogP contribution is -2.55. The summed E-state index contributed by atoms with van der Waals surface area (Å²) in [5.74, 6) is -0.740. The Morgan fingerprint density at radius 2 is 1.81 bits per heavy atom. The summed E-state index contributed by atoms with van der Waals surface area (Å²) < 4.78 is 0. The van der Waals surface area contributed by atoms with Gasteiger partial charge in [-0.15, -0.1) is 0 Å². The van der Waals surface area contributed by atoms with Crippen LogP contribution in [-0.2, 0) is 9.59 Å². The second kappa shape index (κ2) is 8.14. The van der Waals surface area contributed by atoms with E-state index in [0.29, 0.717) is 0 Å². The molecule has 120 valence electrons. The number of hydrogen-bond donors (Lipinski definition) is 3. The van der Waals surface area contributed by atoms with Crippen LogP contribution in [0.4, 0.5) is 0 Å². The summed E-state index contributed by atoms with van der Waals surface area (Å²) in [5, 5.41) is 13.2. The van der Waals surface area contributed by atoms with Crippen molar-refractivity contribution in [2.45, 2.75) is 52.3 Å². The van der Waals surface area contributed by atoms with E-state index >= 15 is 0 Å². The molecular formula is C15H27N3O3. The summed E-state index contributed by atoms with van der Waals surface area (Å²) in [6, 6.07) is -0.422. The molecule has 0 radical (unpaired) electrons. The molecule has 2 atom stereocenters. The van der Waals surface area contributed by atoms with Crippen LogP contribution in [0.1, 0.15) is 40.0 Å². The van der Waals surface area contributed by atoms with Gasteiger partial charge in [-0.3, -0.25) is 14.5 Å². The second-order valence-corrected chi connectivity index (χ2v) is 5.96. The fourth-order valence-corrected chi connectivity index (χ4v) is 2.51. The Morgan fingerprint density at radius 1 is 1.24 bits per heavy atom. The number of nitrogens with zero attached hydrogens (tertiary/aromatic N) is 1. The van der Waals surface area contributed by atoms with Crippen molar-refractivity contribution in [1.82, 2.24) is 10.2 Å². The van der Waals surface area contributed by atoms with Gasteiger partial charge in [0.15, 0.2) is 5.78 Å². The highest BCUT2D eigenvalue weighted by Gasteiger charge is 2.30. The number of piperidine rings is 1. The highest BCUT2D eigenvalue weighted by Crippen LogP contribution is 2.16. The lowest BCUT2D eigenvalue weighted by atomic mass is 10.00. The second-order valence-electron chi connectivity index (χ2n) is 5.96. The molecule has 1 fully saturated rings. The van der Waals surface area contributed by atoms with Gasteiger partial charge in [0.25, 0.3) is 5.91 Å². The fraction of sp³-hybridized carbons (Fsp3) is 0.733. The Hall–Kier alpha value is -1.40. The average molecular weight is 297 g/mol. The Bertz CT molecular complexity index is 401. The molecule has 21 heavy (non-hydrogen) atoms. The molecule has 0 bridgehead atoms. The van der Waals surface area contributed by atoms with Gasteiger partial charge in [0.2, 0.25) is 0 Å². The van der Waals surface area contributed by atoms with E-state index in [1.165, 1.54) is 13.3 Å². The van der Waals surface area contributed by atoms with Crippen LogP contribution >= 0.6 is 0 Å². The maximum absolute atomic E-state index is 12.0. The van der Waals surface area contributed by atoms with Crippen LogP contribution in [0.25, 0.3) is 0 Å². The molecule has 1 rings (SSSR count). The summed E-state index contributed by atoms with van der Waals surface area (Å²) in [5.41, 5.74) is 5.45. The minimum Gasteiger partial charge on any atom is -0.394 e. The SMILES string of the molecule is CC(=O)/C=C(\N)C(=O)N[C@@H](C(C)C)C(O)N1CCCCC1. The number of hydrogen-bond acceptors (Lipinski definition) is 5. The highest BCUT2D eigenvalue weighted by atomic mass is 16.3. The first-order valence-electron chi connectivity index (χ1n) is 7.53. The number of likely N-dealkylation sites (tertiary alicyclic amines) is 1. The van der Waals surface area contributed by atoms with Crippen molar-refractivity contribution in [2.75, 3.05) is 13.1 Å².